The van der Waals surface area contributed by atoms with Crippen molar-refractivity contribution in [2.24, 2.45) is 0 Å². The molecule has 90 valence electrons. The van der Waals surface area contributed by atoms with Gasteiger partial charge in [0, 0.05) is 17.1 Å². The van der Waals surface area contributed by atoms with E-state index in [4.69, 9.17) is 4.74 Å². The fourth-order valence-electron chi connectivity index (χ4n) is 1.38. The van der Waals surface area contributed by atoms with Crippen LogP contribution >= 0.6 is 11.5 Å². The molecule has 0 aliphatic rings. The molecule has 0 aliphatic carbocycles. The van der Waals surface area contributed by atoms with E-state index in [1.807, 2.05) is 13.8 Å². The van der Waals surface area contributed by atoms with E-state index in [9.17, 15) is 5.11 Å². The topological polar surface area (TPSA) is 68.1 Å². The second-order valence-corrected chi connectivity index (χ2v) is 4.46. The molecule has 2 aromatic heterocycles. The van der Waals surface area contributed by atoms with Crippen LogP contribution in [0, 0.1) is 0 Å². The van der Waals surface area contributed by atoms with Gasteiger partial charge in [-0.05, 0) is 31.4 Å². The van der Waals surface area contributed by atoms with Crippen molar-refractivity contribution in [2.45, 2.75) is 26.1 Å². The van der Waals surface area contributed by atoms with Crippen LogP contribution in [0.4, 0.5) is 0 Å². The fourth-order valence-corrected chi connectivity index (χ4v) is 1.86. The Morgan fingerprint density at radius 3 is 2.82 bits per heavy atom. The highest BCUT2D eigenvalue weighted by atomic mass is 32.1. The van der Waals surface area contributed by atoms with Crippen molar-refractivity contribution in [3.8, 4) is 5.75 Å². The Labute approximate surface area is 103 Å². The summed E-state index contributed by atoms with van der Waals surface area (Å²) < 4.78 is 9.23. The van der Waals surface area contributed by atoms with E-state index in [0.29, 0.717) is 17.0 Å². The standard InChI is InChI=1S/C11H13N3O2S/c1-7(2)16-9-3-8(4-12-5-9)11(15)10-6-17-14-13-10/h3-7,11,15H,1-2H3. The van der Waals surface area contributed by atoms with Gasteiger partial charge in [-0.3, -0.25) is 4.98 Å². The summed E-state index contributed by atoms with van der Waals surface area (Å²) in [5.74, 6) is 0.639. The van der Waals surface area contributed by atoms with Gasteiger partial charge in [0.2, 0.25) is 0 Å². The van der Waals surface area contributed by atoms with Gasteiger partial charge in [0.1, 0.15) is 17.5 Å². The van der Waals surface area contributed by atoms with Gasteiger partial charge >= 0.3 is 0 Å². The van der Waals surface area contributed by atoms with Crippen LogP contribution in [0.15, 0.2) is 23.8 Å². The zero-order chi connectivity index (χ0) is 12.3. The van der Waals surface area contributed by atoms with E-state index in [2.05, 4.69) is 14.6 Å². The highest BCUT2D eigenvalue weighted by Crippen LogP contribution is 2.23. The molecule has 0 saturated heterocycles. The van der Waals surface area contributed by atoms with Gasteiger partial charge in [-0.1, -0.05) is 4.49 Å². The zero-order valence-corrected chi connectivity index (χ0v) is 10.4. The summed E-state index contributed by atoms with van der Waals surface area (Å²) in [7, 11) is 0. The molecule has 0 fully saturated rings. The molecule has 1 N–H and O–H groups in total. The highest BCUT2D eigenvalue weighted by Gasteiger charge is 2.14. The molecular weight excluding hydrogens is 238 g/mol. The van der Waals surface area contributed by atoms with Crippen molar-refractivity contribution in [3.05, 3.63) is 35.1 Å². The number of rotatable bonds is 4. The molecule has 0 aromatic carbocycles. The summed E-state index contributed by atoms with van der Waals surface area (Å²) in [6.07, 6.45) is 2.48. The zero-order valence-electron chi connectivity index (χ0n) is 9.57. The van der Waals surface area contributed by atoms with Crippen LogP contribution in [0.3, 0.4) is 0 Å². The first kappa shape index (κ1) is 11.9. The largest absolute Gasteiger partial charge is 0.489 e. The smallest absolute Gasteiger partial charge is 0.138 e. The second kappa shape index (κ2) is 5.20. The minimum Gasteiger partial charge on any atom is -0.489 e. The Bertz CT molecular complexity index is 473. The van der Waals surface area contributed by atoms with E-state index < -0.39 is 6.10 Å². The van der Waals surface area contributed by atoms with Crippen LogP contribution in [0.25, 0.3) is 0 Å². The number of nitrogens with zero attached hydrogens (tertiary/aromatic N) is 3. The van der Waals surface area contributed by atoms with Crippen molar-refractivity contribution in [1.29, 1.82) is 0 Å². The lowest BCUT2D eigenvalue weighted by Crippen LogP contribution is -2.07. The Morgan fingerprint density at radius 2 is 2.18 bits per heavy atom. The Hall–Kier alpha value is -1.53. The molecule has 2 rings (SSSR count). The first-order chi connectivity index (χ1) is 8.16. The number of aliphatic hydroxyl groups excluding tert-OH is 1. The van der Waals surface area contributed by atoms with Gasteiger partial charge in [0.15, 0.2) is 0 Å². The molecule has 1 unspecified atom stereocenters. The lowest BCUT2D eigenvalue weighted by Gasteiger charge is -2.12. The van der Waals surface area contributed by atoms with Gasteiger partial charge in [-0.15, -0.1) is 5.10 Å². The normalized spacial score (nSPS) is 12.7. The molecule has 0 spiro atoms. The van der Waals surface area contributed by atoms with Gasteiger partial charge < -0.3 is 9.84 Å². The average Bonchev–Trinajstić information content (AvgIpc) is 2.81. The number of pyridine rings is 1. The number of ether oxygens (including phenoxy) is 1. The van der Waals surface area contributed by atoms with Crippen LogP contribution in [0.2, 0.25) is 0 Å². The summed E-state index contributed by atoms with van der Waals surface area (Å²) in [5, 5.41) is 15.6. The molecule has 17 heavy (non-hydrogen) atoms. The molecule has 6 heteroatoms. The number of hydrogen-bond donors (Lipinski definition) is 1. The SMILES string of the molecule is CC(C)Oc1cncc(C(O)c2csnn2)c1. The van der Waals surface area contributed by atoms with Crippen LogP contribution in [-0.4, -0.2) is 25.8 Å². The summed E-state index contributed by atoms with van der Waals surface area (Å²) >= 11 is 1.20. The molecule has 2 aromatic rings. The van der Waals surface area contributed by atoms with Crippen molar-refractivity contribution in [3.63, 3.8) is 0 Å². The van der Waals surface area contributed by atoms with Gasteiger partial charge in [0.05, 0.1) is 12.3 Å². The maximum absolute atomic E-state index is 10.0. The predicted molar refractivity (Wildman–Crippen MR) is 64.0 cm³/mol. The van der Waals surface area contributed by atoms with E-state index >= 15 is 0 Å². The summed E-state index contributed by atoms with van der Waals surface area (Å²) in [5.41, 5.74) is 1.18. The second-order valence-electron chi connectivity index (χ2n) is 3.85. The molecule has 1 atom stereocenters. The fraction of sp³-hybridized carbons (Fsp3) is 0.364. The summed E-state index contributed by atoms with van der Waals surface area (Å²) in [6.45, 7) is 3.88. The molecule has 0 bridgehead atoms. The van der Waals surface area contributed by atoms with Crippen LogP contribution in [0.1, 0.15) is 31.2 Å². The van der Waals surface area contributed by atoms with Crippen molar-refractivity contribution >= 4 is 11.5 Å². The number of aliphatic hydroxyl groups is 1. The maximum Gasteiger partial charge on any atom is 0.138 e. The van der Waals surface area contributed by atoms with Crippen LogP contribution in [-0.2, 0) is 0 Å². The van der Waals surface area contributed by atoms with Gasteiger partial charge in [-0.25, -0.2) is 0 Å². The monoisotopic (exact) mass is 251 g/mol. The van der Waals surface area contributed by atoms with E-state index in [0.717, 1.165) is 0 Å². The van der Waals surface area contributed by atoms with Crippen molar-refractivity contribution in [2.75, 3.05) is 0 Å². The molecule has 0 amide bonds. The summed E-state index contributed by atoms with van der Waals surface area (Å²) in [6, 6.07) is 1.76. The molecular formula is C11H13N3O2S. The third kappa shape index (κ3) is 2.98. The number of aromatic nitrogens is 3. The Morgan fingerprint density at radius 1 is 1.35 bits per heavy atom. The average molecular weight is 251 g/mol. The highest BCUT2D eigenvalue weighted by molar-refractivity contribution is 7.03. The van der Waals surface area contributed by atoms with Gasteiger partial charge in [-0.2, -0.15) is 0 Å². The van der Waals surface area contributed by atoms with Crippen molar-refractivity contribution in [1.82, 2.24) is 14.6 Å². The molecule has 0 radical (unpaired) electrons. The first-order valence-electron chi connectivity index (χ1n) is 5.23. The Balaban J connectivity index is 2.21. The van der Waals surface area contributed by atoms with Crippen LogP contribution < -0.4 is 4.74 Å². The first-order valence-corrected chi connectivity index (χ1v) is 6.07. The van der Waals surface area contributed by atoms with Crippen molar-refractivity contribution < 1.29 is 9.84 Å². The molecule has 0 saturated carbocycles. The minimum atomic E-state index is -0.808. The van der Waals surface area contributed by atoms with E-state index in [-0.39, 0.29) is 6.10 Å². The third-order valence-electron chi connectivity index (χ3n) is 2.08. The molecule has 5 nitrogen and oxygen atoms in total. The Kier molecular flexibility index (Phi) is 3.65. The summed E-state index contributed by atoms with van der Waals surface area (Å²) in [4.78, 5) is 4.04. The quantitative estimate of drug-likeness (QED) is 0.897. The van der Waals surface area contributed by atoms with Gasteiger partial charge in [0.25, 0.3) is 0 Å². The lowest BCUT2D eigenvalue weighted by molar-refractivity contribution is 0.211. The predicted octanol–water partition coefficient (Wildman–Crippen LogP) is 1.80. The third-order valence-corrected chi connectivity index (χ3v) is 2.60. The minimum absolute atomic E-state index is 0.0742. The molecule has 0 aliphatic heterocycles. The van der Waals surface area contributed by atoms with Crippen LogP contribution in [0.5, 0.6) is 5.75 Å². The lowest BCUT2D eigenvalue weighted by atomic mass is 10.1. The van der Waals surface area contributed by atoms with E-state index in [1.54, 1.807) is 23.8 Å². The molecule has 2 heterocycles. The maximum atomic E-state index is 10.0. The number of hydrogen-bond acceptors (Lipinski definition) is 6. The van der Waals surface area contributed by atoms with E-state index in [1.165, 1.54) is 11.5 Å².